The molecule has 0 aromatic carbocycles. The van der Waals surface area contributed by atoms with E-state index in [-0.39, 0.29) is 0 Å². The van der Waals surface area contributed by atoms with Gasteiger partial charge in [-0.25, -0.2) is 0 Å². The first-order valence-corrected chi connectivity index (χ1v) is 3.48. The quantitative estimate of drug-likeness (QED) is 0.546. The highest BCUT2D eigenvalue weighted by atomic mass is 32.2. The van der Waals surface area contributed by atoms with Gasteiger partial charge in [0.25, 0.3) is 0 Å². The zero-order valence-corrected chi connectivity index (χ0v) is 5.11. The molecule has 1 aromatic heterocycles. The van der Waals surface area contributed by atoms with Gasteiger partial charge in [0.05, 0.1) is 6.20 Å². The van der Waals surface area contributed by atoms with Gasteiger partial charge in [0.15, 0.2) is 0 Å². The molecule has 5 nitrogen and oxygen atoms in total. The minimum Gasteiger partial charge on any atom is -0.268 e. The average molecular weight is 148 g/mol. The first-order valence-electron chi connectivity index (χ1n) is 2.08. The standard InChI is InChI=1S/C3H4N2O3S/c6-9(7,8)5-3-1-2-4-5/h1-3H,(H,6,7,8). The van der Waals surface area contributed by atoms with Crippen molar-refractivity contribution in [2.75, 3.05) is 0 Å². The molecule has 0 atom stereocenters. The van der Waals surface area contributed by atoms with Gasteiger partial charge in [-0.2, -0.15) is 13.5 Å². The van der Waals surface area contributed by atoms with Gasteiger partial charge in [-0.3, -0.25) is 4.55 Å². The van der Waals surface area contributed by atoms with E-state index in [0.717, 1.165) is 6.20 Å². The van der Waals surface area contributed by atoms with Crippen LogP contribution in [0.5, 0.6) is 0 Å². The van der Waals surface area contributed by atoms with Crippen LogP contribution in [-0.2, 0) is 10.3 Å². The summed E-state index contributed by atoms with van der Waals surface area (Å²) < 4.78 is 29.0. The van der Waals surface area contributed by atoms with Crippen LogP contribution in [0.15, 0.2) is 18.5 Å². The van der Waals surface area contributed by atoms with E-state index in [1.165, 1.54) is 12.3 Å². The van der Waals surface area contributed by atoms with Gasteiger partial charge in [-0.1, -0.05) is 0 Å². The summed E-state index contributed by atoms with van der Waals surface area (Å²) in [4.78, 5) is 0. The van der Waals surface area contributed by atoms with Gasteiger partial charge in [0, 0.05) is 6.20 Å². The van der Waals surface area contributed by atoms with E-state index >= 15 is 0 Å². The maximum absolute atomic E-state index is 10.2. The van der Waals surface area contributed by atoms with E-state index in [0.29, 0.717) is 4.09 Å². The second-order valence-electron chi connectivity index (χ2n) is 1.36. The molecule has 0 saturated carbocycles. The molecule has 1 aromatic rings. The minimum atomic E-state index is -4.15. The largest absolute Gasteiger partial charge is 0.378 e. The summed E-state index contributed by atoms with van der Waals surface area (Å²) >= 11 is 0. The molecule has 0 bridgehead atoms. The Morgan fingerprint density at radius 2 is 2.22 bits per heavy atom. The van der Waals surface area contributed by atoms with Crippen molar-refractivity contribution in [3.05, 3.63) is 18.5 Å². The summed E-state index contributed by atoms with van der Waals surface area (Å²) in [7, 11) is -4.15. The highest BCUT2D eigenvalue weighted by Crippen LogP contribution is 1.87. The summed E-state index contributed by atoms with van der Waals surface area (Å²) in [5.41, 5.74) is 0. The predicted octanol–water partition coefficient (Wildman–Crippen LogP) is -0.466. The number of aromatic nitrogens is 2. The van der Waals surface area contributed by atoms with E-state index in [1.807, 2.05) is 0 Å². The third-order valence-corrected chi connectivity index (χ3v) is 1.41. The van der Waals surface area contributed by atoms with Crippen molar-refractivity contribution in [3.63, 3.8) is 0 Å². The summed E-state index contributed by atoms with van der Waals surface area (Å²) in [6, 6.07) is 1.40. The van der Waals surface area contributed by atoms with Crippen molar-refractivity contribution in [2.24, 2.45) is 0 Å². The Labute approximate surface area is 51.8 Å². The van der Waals surface area contributed by atoms with Gasteiger partial charge >= 0.3 is 10.3 Å². The number of hydrogen-bond donors (Lipinski definition) is 1. The van der Waals surface area contributed by atoms with Crippen LogP contribution in [-0.4, -0.2) is 22.2 Å². The molecule has 0 fully saturated rings. The summed E-state index contributed by atoms with van der Waals surface area (Å²) in [5.74, 6) is 0. The topological polar surface area (TPSA) is 72.2 Å². The maximum atomic E-state index is 10.2. The lowest BCUT2D eigenvalue weighted by Gasteiger charge is -1.90. The second-order valence-corrected chi connectivity index (χ2v) is 2.63. The fourth-order valence-electron chi connectivity index (χ4n) is 0.391. The van der Waals surface area contributed by atoms with Crippen LogP contribution in [0.1, 0.15) is 0 Å². The van der Waals surface area contributed by atoms with Crippen molar-refractivity contribution in [2.45, 2.75) is 0 Å². The van der Waals surface area contributed by atoms with Gasteiger partial charge in [0.2, 0.25) is 0 Å². The highest BCUT2D eigenvalue weighted by Gasteiger charge is 2.04. The SMILES string of the molecule is O=S(=O)(O)n1cccn1. The molecule has 9 heavy (non-hydrogen) atoms. The molecule has 0 amide bonds. The van der Waals surface area contributed by atoms with Gasteiger partial charge in [-0.05, 0) is 6.07 Å². The van der Waals surface area contributed by atoms with E-state index in [1.54, 1.807) is 0 Å². The molecule has 0 spiro atoms. The first-order chi connectivity index (χ1) is 4.11. The monoisotopic (exact) mass is 148 g/mol. The lowest BCUT2D eigenvalue weighted by Crippen LogP contribution is -2.10. The third kappa shape index (κ3) is 1.27. The molecule has 0 aliphatic rings. The number of nitrogens with zero attached hydrogens (tertiary/aromatic N) is 2. The van der Waals surface area contributed by atoms with Crippen molar-refractivity contribution < 1.29 is 13.0 Å². The Balaban J connectivity index is 3.20. The minimum absolute atomic E-state index is 0.465. The van der Waals surface area contributed by atoms with Crippen molar-refractivity contribution in [3.8, 4) is 0 Å². The second kappa shape index (κ2) is 1.82. The number of hydrogen-bond acceptors (Lipinski definition) is 3. The smallest absolute Gasteiger partial charge is 0.268 e. The molecule has 0 aliphatic carbocycles. The van der Waals surface area contributed by atoms with Crippen molar-refractivity contribution >= 4 is 10.3 Å². The lowest BCUT2D eigenvalue weighted by molar-refractivity contribution is 0.465. The Hall–Kier alpha value is -0.880. The molecule has 6 heteroatoms. The Morgan fingerprint density at radius 3 is 2.44 bits per heavy atom. The molecule has 1 N–H and O–H groups in total. The van der Waals surface area contributed by atoms with Crippen LogP contribution in [0.4, 0.5) is 0 Å². The van der Waals surface area contributed by atoms with Crippen LogP contribution >= 0.6 is 0 Å². The zero-order valence-electron chi connectivity index (χ0n) is 4.30. The van der Waals surface area contributed by atoms with Crippen LogP contribution < -0.4 is 0 Å². The van der Waals surface area contributed by atoms with Crippen molar-refractivity contribution in [1.82, 2.24) is 9.19 Å². The van der Waals surface area contributed by atoms with Gasteiger partial charge < -0.3 is 0 Å². The zero-order chi connectivity index (χ0) is 6.91. The van der Waals surface area contributed by atoms with Crippen LogP contribution in [0.2, 0.25) is 0 Å². The van der Waals surface area contributed by atoms with Crippen LogP contribution in [0, 0.1) is 0 Å². The normalized spacial score (nSPS) is 11.7. The molecule has 0 unspecified atom stereocenters. The van der Waals surface area contributed by atoms with Crippen LogP contribution in [0.25, 0.3) is 0 Å². The van der Waals surface area contributed by atoms with E-state index in [9.17, 15) is 8.42 Å². The molecule has 1 rings (SSSR count). The van der Waals surface area contributed by atoms with Gasteiger partial charge in [-0.15, -0.1) is 4.09 Å². The third-order valence-electron chi connectivity index (χ3n) is 0.717. The predicted molar refractivity (Wildman–Crippen MR) is 29.2 cm³/mol. The summed E-state index contributed by atoms with van der Waals surface area (Å²) in [6.07, 6.45) is 2.39. The first kappa shape index (κ1) is 6.24. The molecular formula is C3H4N2O3S. The van der Waals surface area contributed by atoms with Crippen molar-refractivity contribution in [1.29, 1.82) is 0 Å². The molecular weight excluding hydrogens is 144 g/mol. The number of rotatable bonds is 1. The summed E-state index contributed by atoms with van der Waals surface area (Å²) in [6.45, 7) is 0. The molecule has 50 valence electrons. The fourth-order valence-corrected chi connectivity index (χ4v) is 0.789. The maximum Gasteiger partial charge on any atom is 0.378 e. The lowest BCUT2D eigenvalue weighted by atomic mass is 10.8. The molecule has 0 saturated heterocycles. The fraction of sp³-hybridized carbons (Fsp3) is 0. The Kier molecular flexibility index (Phi) is 1.26. The Morgan fingerprint density at radius 1 is 1.56 bits per heavy atom. The van der Waals surface area contributed by atoms with Crippen LogP contribution in [0.3, 0.4) is 0 Å². The van der Waals surface area contributed by atoms with Gasteiger partial charge in [0.1, 0.15) is 0 Å². The van der Waals surface area contributed by atoms with E-state index < -0.39 is 10.3 Å². The summed E-state index contributed by atoms with van der Waals surface area (Å²) in [5, 5.41) is 3.27. The molecule has 0 radical (unpaired) electrons. The van der Waals surface area contributed by atoms with E-state index in [2.05, 4.69) is 5.10 Å². The van der Waals surface area contributed by atoms with E-state index in [4.69, 9.17) is 4.55 Å². The molecule has 1 heterocycles. The Bertz CT molecular complexity index is 274. The highest BCUT2D eigenvalue weighted by molar-refractivity contribution is 7.84. The molecule has 0 aliphatic heterocycles. The average Bonchev–Trinajstić information content (AvgIpc) is 2.08.